The van der Waals surface area contributed by atoms with Gasteiger partial charge in [0.1, 0.15) is 0 Å². The largest absolute Gasteiger partial charge is 0.272 e. The number of hydrazone groups is 1. The van der Waals surface area contributed by atoms with E-state index < -0.39 is 0 Å². The van der Waals surface area contributed by atoms with E-state index in [1.165, 1.54) is 5.01 Å². The monoisotopic (exact) mass is 267 g/mol. The SMILES string of the molecule is CCC1=NN(c2ccc(Br)cn2)C(=O)C1. The summed E-state index contributed by atoms with van der Waals surface area (Å²) in [6, 6.07) is 3.61. The first-order valence-electron chi connectivity index (χ1n) is 4.71. The first-order chi connectivity index (χ1) is 7.20. The molecule has 0 N–H and O–H groups in total. The van der Waals surface area contributed by atoms with Crippen LogP contribution in [0.25, 0.3) is 0 Å². The van der Waals surface area contributed by atoms with Crippen molar-refractivity contribution in [3.8, 4) is 0 Å². The fraction of sp³-hybridized carbons (Fsp3) is 0.300. The van der Waals surface area contributed by atoms with Gasteiger partial charge in [0.15, 0.2) is 5.82 Å². The Morgan fingerprint density at radius 1 is 1.53 bits per heavy atom. The van der Waals surface area contributed by atoms with Gasteiger partial charge in [0.2, 0.25) is 0 Å². The second-order valence-electron chi connectivity index (χ2n) is 3.24. The van der Waals surface area contributed by atoms with Crippen LogP contribution in [0.3, 0.4) is 0 Å². The highest BCUT2D eigenvalue weighted by Crippen LogP contribution is 2.20. The highest BCUT2D eigenvalue weighted by atomic mass is 79.9. The summed E-state index contributed by atoms with van der Waals surface area (Å²) in [5.41, 5.74) is 0.907. The van der Waals surface area contributed by atoms with Crippen LogP contribution in [0.4, 0.5) is 5.82 Å². The Bertz CT molecular complexity index is 413. The molecule has 15 heavy (non-hydrogen) atoms. The molecule has 78 valence electrons. The van der Waals surface area contributed by atoms with Gasteiger partial charge in [0, 0.05) is 16.4 Å². The van der Waals surface area contributed by atoms with E-state index in [-0.39, 0.29) is 5.91 Å². The second kappa shape index (κ2) is 4.10. The lowest BCUT2D eigenvalue weighted by molar-refractivity contribution is -0.116. The Balaban J connectivity index is 2.28. The molecule has 1 amide bonds. The smallest absolute Gasteiger partial charge is 0.254 e. The number of halogens is 1. The van der Waals surface area contributed by atoms with Crippen molar-refractivity contribution in [3.63, 3.8) is 0 Å². The van der Waals surface area contributed by atoms with Gasteiger partial charge < -0.3 is 0 Å². The summed E-state index contributed by atoms with van der Waals surface area (Å²) in [7, 11) is 0. The van der Waals surface area contributed by atoms with Crippen LogP contribution in [-0.4, -0.2) is 16.6 Å². The Morgan fingerprint density at radius 3 is 2.87 bits per heavy atom. The van der Waals surface area contributed by atoms with Crippen molar-refractivity contribution in [2.24, 2.45) is 5.10 Å². The number of pyridine rings is 1. The molecule has 1 aliphatic heterocycles. The number of aromatic nitrogens is 1. The van der Waals surface area contributed by atoms with Crippen LogP contribution in [0.1, 0.15) is 19.8 Å². The lowest BCUT2D eigenvalue weighted by Gasteiger charge is -2.09. The molecule has 4 nitrogen and oxygen atoms in total. The summed E-state index contributed by atoms with van der Waals surface area (Å²) >= 11 is 3.29. The van der Waals surface area contributed by atoms with Crippen molar-refractivity contribution in [2.45, 2.75) is 19.8 Å². The first-order valence-corrected chi connectivity index (χ1v) is 5.51. The number of hydrogen-bond acceptors (Lipinski definition) is 3. The highest BCUT2D eigenvalue weighted by Gasteiger charge is 2.24. The standard InChI is InChI=1S/C10H10BrN3O/c1-2-8-5-10(15)14(13-8)9-4-3-7(11)6-12-9/h3-4,6H,2,5H2,1H3. The lowest BCUT2D eigenvalue weighted by Crippen LogP contribution is -2.20. The Kier molecular flexibility index (Phi) is 2.81. The predicted molar refractivity (Wildman–Crippen MR) is 61.8 cm³/mol. The van der Waals surface area contributed by atoms with Crippen molar-refractivity contribution in [3.05, 3.63) is 22.8 Å². The molecular formula is C10H10BrN3O. The molecule has 0 spiro atoms. The summed E-state index contributed by atoms with van der Waals surface area (Å²) in [4.78, 5) is 15.7. The third kappa shape index (κ3) is 2.07. The Hall–Kier alpha value is -1.23. The third-order valence-corrected chi connectivity index (χ3v) is 2.64. The fourth-order valence-corrected chi connectivity index (χ4v) is 1.58. The number of anilines is 1. The highest BCUT2D eigenvalue weighted by molar-refractivity contribution is 9.10. The molecule has 0 fully saturated rings. The maximum absolute atomic E-state index is 11.6. The van der Waals surface area contributed by atoms with E-state index in [4.69, 9.17) is 0 Å². The van der Waals surface area contributed by atoms with E-state index in [9.17, 15) is 4.79 Å². The van der Waals surface area contributed by atoms with Gasteiger partial charge in [-0.3, -0.25) is 4.79 Å². The van der Waals surface area contributed by atoms with Crippen molar-refractivity contribution in [1.29, 1.82) is 0 Å². The summed E-state index contributed by atoms with van der Waals surface area (Å²) in [6.07, 6.45) is 2.87. The predicted octanol–water partition coefficient (Wildman–Crippen LogP) is 2.35. The topological polar surface area (TPSA) is 45.6 Å². The number of rotatable bonds is 2. The van der Waals surface area contributed by atoms with E-state index >= 15 is 0 Å². The van der Waals surface area contributed by atoms with Crippen molar-refractivity contribution in [1.82, 2.24) is 4.98 Å². The average Bonchev–Trinajstić information content (AvgIpc) is 2.61. The molecule has 1 aromatic rings. The molecule has 0 radical (unpaired) electrons. The van der Waals surface area contributed by atoms with Gasteiger partial charge in [-0.15, -0.1) is 0 Å². The van der Waals surface area contributed by atoms with E-state index in [0.29, 0.717) is 12.2 Å². The quantitative estimate of drug-likeness (QED) is 0.826. The minimum Gasteiger partial charge on any atom is -0.272 e. The van der Waals surface area contributed by atoms with Gasteiger partial charge in [-0.05, 0) is 34.5 Å². The molecular weight excluding hydrogens is 258 g/mol. The summed E-state index contributed by atoms with van der Waals surface area (Å²) in [6.45, 7) is 1.99. The van der Waals surface area contributed by atoms with Crippen molar-refractivity contribution < 1.29 is 4.79 Å². The van der Waals surface area contributed by atoms with Gasteiger partial charge in [-0.1, -0.05) is 6.92 Å². The molecule has 0 saturated heterocycles. The van der Waals surface area contributed by atoms with Crippen LogP contribution in [0.5, 0.6) is 0 Å². The zero-order chi connectivity index (χ0) is 10.8. The van der Waals surface area contributed by atoms with Gasteiger partial charge in [0.05, 0.1) is 6.42 Å². The van der Waals surface area contributed by atoms with Crippen molar-refractivity contribution >= 4 is 33.4 Å². The molecule has 0 aromatic carbocycles. The maximum atomic E-state index is 11.6. The van der Waals surface area contributed by atoms with E-state index in [1.807, 2.05) is 13.0 Å². The third-order valence-electron chi connectivity index (χ3n) is 2.17. The van der Waals surface area contributed by atoms with Crippen molar-refractivity contribution in [2.75, 3.05) is 5.01 Å². The van der Waals surface area contributed by atoms with Crippen LogP contribution in [0.15, 0.2) is 27.9 Å². The van der Waals surface area contributed by atoms with Gasteiger partial charge in [-0.25, -0.2) is 4.98 Å². The number of nitrogens with zero attached hydrogens (tertiary/aromatic N) is 3. The Morgan fingerprint density at radius 2 is 2.33 bits per heavy atom. The first kappa shape index (κ1) is 10.3. The second-order valence-corrected chi connectivity index (χ2v) is 4.15. The van der Waals surface area contributed by atoms with Gasteiger partial charge in [-0.2, -0.15) is 10.1 Å². The molecule has 0 bridgehead atoms. The molecule has 0 unspecified atom stereocenters. The van der Waals surface area contributed by atoms with Gasteiger partial charge in [0.25, 0.3) is 5.91 Å². The number of carbonyl (C=O) groups is 1. The molecule has 2 rings (SSSR count). The Labute approximate surface area is 96.1 Å². The van der Waals surface area contributed by atoms with Crippen LogP contribution in [0.2, 0.25) is 0 Å². The van der Waals surface area contributed by atoms with E-state index in [1.54, 1.807) is 12.3 Å². The molecule has 0 saturated carbocycles. The number of amides is 1. The molecule has 0 atom stereocenters. The van der Waals surface area contributed by atoms with Crippen LogP contribution < -0.4 is 5.01 Å². The maximum Gasteiger partial charge on any atom is 0.254 e. The summed E-state index contributed by atoms with van der Waals surface area (Å²) < 4.78 is 0.887. The zero-order valence-corrected chi connectivity index (χ0v) is 9.86. The minimum atomic E-state index is -0.0123. The molecule has 1 aromatic heterocycles. The van der Waals surface area contributed by atoms with E-state index in [2.05, 4.69) is 26.0 Å². The molecule has 0 aliphatic carbocycles. The normalized spacial score (nSPS) is 15.7. The molecule has 1 aliphatic rings. The van der Waals surface area contributed by atoms with Crippen LogP contribution in [0, 0.1) is 0 Å². The molecule has 2 heterocycles. The number of carbonyl (C=O) groups excluding carboxylic acids is 1. The minimum absolute atomic E-state index is 0.0123. The van der Waals surface area contributed by atoms with E-state index in [0.717, 1.165) is 16.6 Å². The summed E-state index contributed by atoms with van der Waals surface area (Å²) in [5.74, 6) is 0.563. The van der Waals surface area contributed by atoms with Crippen LogP contribution in [-0.2, 0) is 4.79 Å². The average molecular weight is 268 g/mol. The van der Waals surface area contributed by atoms with Crippen LogP contribution >= 0.6 is 15.9 Å². The van der Waals surface area contributed by atoms with Gasteiger partial charge >= 0.3 is 0 Å². The lowest BCUT2D eigenvalue weighted by atomic mass is 10.2. The number of hydrogen-bond donors (Lipinski definition) is 0. The fourth-order valence-electron chi connectivity index (χ4n) is 1.35. The molecule has 5 heteroatoms. The summed E-state index contributed by atoms with van der Waals surface area (Å²) in [5, 5.41) is 5.58. The zero-order valence-electron chi connectivity index (χ0n) is 8.27.